The number of hydrogen-bond donors (Lipinski definition) is 1. The predicted molar refractivity (Wildman–Crippen MR) is 174 cm³/mol. The fourth-order valence-corrected chi connectivity index (χ4v) is 6.81. The summed E-state index contributed by atoms with van der Waals surface area (Å²) in [4.78, 5) is 10.1. The maximum Gasteiger partial charge on any atom is 0.219 e. The van der Waals surface area contributed by atoms with Gasteiger partial charge in [0.2, 0.25) is 11.8 Å². The molecule has 1 saturated carbocycles. The van der Waals surface area contributed by atoms with Crippen molar-refractivity contribution >= 4 is 23.2 Å². The second-order valence-electron chi connectivity index (χ2n) is 12.2. The summed E-state index contributed by atoms with van der Waals surface area (Å²) in [6.07, 6.45) is 6.85. The minimum atomic E-state index is 0.0324. The zero-order chi connectivity index (χ0) is 29.4. The summed E-state index contributed by atoms with van der Waals surface area (Å²) in [5.74, 6) is 3.15. The summed E-state index contributed by atoms with van der Waals surface area (Å²) in [5.41, 5.74) is 3.51. The number of oxazole rings is 1. The molecule has 4 rings (SSSR count). The molecule has 1 aromatic heterocycles. The first-order valence-electron chi connectivity index (χ1n) is 15.8. The van der Waals surface area contributed by atoms with E-state index in [1.807, 2.05) is 12.1 Å². The molecule has 1 aliphatic carbocycles. The lowest BCUT2D eigenvalue weighted by Crippen LogP contribution is -2.41. The Morgan fingerprint density at radius 2 is 1.54 bits per heavy atom. The van der Waals surface area contributed by atoms with Crippen molar-refractivity contribution in [2.24, 2.45) is 11.8 Å². The van der Waals surface area contributed by atoms with Crippen molar-refractivity contribution in [1.82, 2.24) is 9.88 Å². The molecule has 1 unspecified atom stereocenters. The molecular formula is C35H51ClN4O. The number of anilines is 2. The van der Waals surface area contributed by atoms with Crippen molar-refractivity contribution in [3.8, 4) is 0 Å². The van der Waals surface area contributed by atoms with Gasteiger partial charge in [0, 0.05) is 35.8 Å². The zero-order valence-electron chi connectivity index (χ0n) is 26.1. The number of rotatable bonds is 14. The Labute approximate surface area is 253 Å². The van der Waals surface area contributed by atoms with E-state index in [-0.39, 0.29) is 11.6 Å². The Morgan fingerprint density at radius 1 is 0.902 bits per heavy atom. The molecule has 1 heterocycles. The molecule has 41 heavy (non-hydrogen) atoms. The minimum Gasteiger partial charge on any atom is -0.423 e. The van der Waals surface area contributed by atoms with Crippen molar-refractivity contribution < 1.29 is 4.42 Å². The highest BCUT2D eigenvalue weighted by atomic mass is 35.5. The SMILES string of the molecule is CCN(CC)c1oc(C(CC2CCC(C(C)(C)Nc3ccc(Cl)cc3)CC2)N(CC)CC)nc1Cc1ccccc1. The molecule has 6 heteroatoms. The van der Waals surface area contributed by atoms with Crippen LogP contribution in [-0.4, -0.2) is 41.6 Å². The quantitative estimate of drug-likeness (QED) is 0.206. The van der Waals surface area contributed by atoms with Crippen LogP contribution >= 0.6 is 11.6 Å². The number of benzene rings is 2. The number of nitrogens with one attached hydrogen (secondary N) is 1. The van der Waals surface area contributed by atoms with Crippen molar-refractivity contribution in [2.75, 3.05) is 36.4 Å². The van der Waals surface area contributed by atoms with Gasteiger partial charge in [-0.2, -0.15) is 0 Å². The fraction of sp³-hybridized carbons (Fsp3) is 0.571. The number of nitrogens with zero attached hydrogens (tertiary/aromatic N) is 3. The molecule has 0 spiro atoms. The van der Waals surface area contributed by atoms with Crippen molar-refractivity contribution in [2.45, 2.75) is 91.6 Å². The normalized spacial score (nSPS) is 18.4. The summed E-state index contributed by atoms with van der Waals surface area (Å²) in [5, 5.41) is 4.56. The molecule has 0 saturated heterocycles. The van der Waals surface area contributed by atoms with Gasteiger partial charge in [-0.15, -0.1) is 0 Å². The predicted octanol–water partition coefficient (Wildman–Crippen LogP) is 9.24. The van der Waals surface area contributed by atoms with Gasteiger partial charge in [0.05, 0.1) is 6.04 Å². The monoisotopic (exact) mass is 578 g/mol. The molecule has 1 fully saturated rings. The molecule has 1 aliphatic rings. The van der Waals surface area contributed by atoms with Gasteiger partial charge in [0.15, 0.2) is 0 Å². The second kappa shape index (κ2) is 14.6. The molecule has 0 amide bonds. The molecule has 224 valence electrons. The molecule has 1 atom stereocenters. The minimum absolute atomic E-state index is 0.0324. The summed E-state index contributed by atoms with van der Waals surface area (Å²) in [6, 6.07) is 18.9. The highest BCUT2D eigenvalue weighted by molar-refractivity contribution is 6.30. The molecule has 0 aliphatic heterocycles. The van der Waals surface area contributed by atoms with E-state index in [0.717, 1.165) is 67.2 Å². The third-order valence-electron chi connectivity index (χ3n) is 9.23. The summed E-state index contributed by atoms with van der Waals surface area (Å²) in [7, 11) is 0. The van der Waals surface area contributed by atoms with E-state index in [0.29, 0.717) is 11.8 Å². The van der Waals surface area contributed by atoms with Crippen LogP contribution in [0.3, 0.4) is 0 Å². The first-order chi connectivity index (χ1) is 19.8. The molecule has 0 radical (unpaired) electrons. The zero-order valence-corrected chi connectivity index (χ0v) is 26.9. The first-order valence-corrected chi connectivity index (χ1v) is 16.2. The number of hydrogen-bond acceptors (Lipinski definition) is 5. The maximum atomic E-state index is 6.72. The van der Waals surface area contributed by atoms with E-state index in [9.17, 15) is 0 Å². The third-order valence-corrected chi connectivity index (χ3v) is 9.48. The van der Waals surface area contributed by atoms with E-state index >= 15 is 0 Å². The van der Waals surface area contributed by atoms with E-state index in [2.05, 4.69) is 99.1 Å². The Bertz CT molecular complexity index is 1180. The Balaban J connectivity index is 1.50. The third kappa shape index (κ3) is 8.08. The van der Waals surface area contributed by atoms with Gasteiger partial charge in [-0.3, -0.25) is 4.90 Å². The Kier molecular flexibility index (Phi) is 11.2. The van der Waals surface area contributed by atoms with E-state index in [1.165, 1.54) is 31.2 Å². The van der Waals surface area contributed by atoms with Crippen molar-refractivity contribution in [3.05, 3.63) is 76.8 Å². The smallest absolute Gasteiger partial charge is 0.219 e. The topological polar surface area (TPSA) is 44.5 Å². The summed E-state index contributed by atoms with van der Waals surface area (Å²) in [6.45, 7) is 17.4. The molecule has 5 nitrogen and oxygen atoms in total. The van der Waals surface area contributed by atoms with Crippen LogP contribution in [0.25, 0.3) is 0 Å². The maximum absolute atomic E-state index is 6.72. The summed E-state index contributed by atoms with van der Waals surface area (Å²) < 4.78 is 6.72. The standard InChI is InChI=1S/C35H51ClN4O/c1-7-39(8-2)32(33-37-31(24-26-14-12-11-13-15-26)34(41-33)40(9-3)10-4)25-27-16-18-28(19-17-27)35(5,6)38-30-22-20-29(36)21-23-30/h11-15,20-23,27-28,32,38H,7-10,16-19,24-25H2,1-6H3. The summed E-state index contributed by atoms with van der Waals surface area (Å²) >= 11 is 6.11. The van der Waals surface area contributed by atoms with Crippen molar-refractivity contribution in [1.29, 1.82) is 0 Å². The van der Waals surface area contributed by atoms with Crippen LogP contribution in [0, 0.1) is 11.8 Å². The molecular weight excluding hydrogens is 528 g/mol. The number of aromatic nitrogens is 1. The van der Waals surface area contributed by atoms with Gasteiger partial charge in [0.1, 0.15) is 5.69 Å². The van der Waals surface area contributed by atoms with Gasteiger partial charge in [-0.25, -0.2) is 4.98 Å². The van der Waals surface area contributed by atoms with Crippen LogP contribution in [0.15, 0.2) is 59.0 Å². The number of halogens is 1. The average Bonchev–Trinajstić information content (AvgIpc) is 3.38. The van der Waals surface area contributed by atoms with Crippen LogP contribution in [0.4, 0.5) is 11.6 Å². The highest BCUT2D eigenvalue weighted by Gasteiger charge is 2.36. The lowest BCUT2D eigenvalue weighted by atomic mass is 9.71. The van der Waals surface area contributed by atoms with Gasteiger partial charge >= 0.3 is 0 Å². The Hall–Kier alpha value is -2.50. The van der Waals surface area contributed by atoms with E-state index in [4.69, 9.17) is 21.0 Å². The molecule has 0 bridgehead atoms. The Morgan fingerprint density at radius 3 is 2.12 bits per heavy atom. The molecule has 3 aromatic rings. The largest absolute Gasteiger partial charge is 0.423 e. The van der Waals surface area contributed by atoms with Crippen LogP contribution in [-0.2, 0) is 6.42 Å². The molecule has 1 N–H and O–H groups in total. The lowest BCUT2D eigenvalue weighted by molar-refractivity contribution is 0.128. The van der Waals surface area contributed by atoms with Crippen molar-refractivity contribution in [3.63, 3.8) is 0 Å². The van der Waals surface area contributed by atoms with E-state index in [1.54, 1.807) is 0 Å². The van der Waals surface area contributed by atoms with Gasteiger partial charge < -0.3 is 14.6 Å². The van der Waals surface area contributed by atoms with Gasteiger partial charge in [-0.05, 0) is 102 Å². The van der Waals surface area contributed by atoms with Gasteiger partial charge in [-0.1, -0.05) is 68.6 Å². The van der Waals surface area contributed by atoms with Crippen LogP contribution in [0.2, 0.25) is 5.02 Å². The lowest BCUT2D eigenvalue weighted by Gasteiger charge is -2.41. The molecule has 2 aromatic carbocycles. The van der Waals surface area contributed by atoms with Crippen LogP contribution in [0.5, 0.6) is 0 Å². The van der Waals surface area contributed by atoms with Gasteiger partial charge in [0.25, 0.3) is 0 Å². The highest BCUT2D eigenvalue weighted by Crippen LogP contribution is 2.42. The van der Waals surface area contributed by atoms with E-state index < -0.39 is 0 Å². The second-order valence-corrected chi connectivity index (χ2v) is 12.6. The van der Waals surface area contributed by atoms with Crippen LogP contribution in [0.1, 0.15) is 96.8 Å². The first kappa shape index (κ1) is 31.4. The average molecular weight is 579 g/mol. The van der Waals surface area contributed by atoms with Crippen LogP contribution < -0.4 is 10.2 Å². The fourth-order valence-electron chi connectivity index (χ4n) is 6.68.